The van der Waals surface area contributed by atoms with E-state index in [1.807, 2.05) is 36.4 Å². The summed E-state index contributed by atoms with van der Waals surface area (Å²) in [6, 6.07) is 54.4. The minimum Gasteiger partial charge on any atom is -0.508 e. The van der Waals surface area contributed by atoms with Crippen LogP contribution in [0.2, 0.25) is 0 Å². The molecular formula is C119H167N2O4P. The van der Waals surface area contributed by atoms with Gasteiger partial charge < -0.3 is 15.3 Å². The number of ketones is 1. The molecule has 9 fully saturated rings. The Morgan fingerprint density at radius 3 is 1.11 bits per heavy atom. The highest BCUT2D eigenvalue weighted by Gasteiger charge is 2.56. The van der Waals surface area contributed by atoms with Crippen LogP contribution in [-0.2, 0) is 24.1 Å². The number of carbonyl (C=O) groups is 1. The van der Waals surface area contributed by atoms with Crippen LogP contribution in [0.4, 0.5) is 0 Å². The number of phenolic OH excluding ortho intramolecular Hbond substituents is 3. The Labute approximate surface area is 768 Å². The number of hydrogen-bond acceptors (Lipinski definition) is 6. The van der Waals surface area contributed by atoms with Crippen LogP contribution in [-0.4, -0.2) is 26.9 Å². The van der Waals surface area contributed by atoms with Gasteiger partial charge in [-0.25, -0.2) is 0 Å². The Morgan fingerprint density at radius 2 is 0.778 bits per heavy atom. The van der Waals surface area contributed by atoms with Gasteiger partial charge in [-0.15, -0.1) is 6.42 Å². The van der Waals surface area contributed by atoms with Crippen LogP contribution in [0, 0.1) is 116 Å². The van der Waals surface area contributed by atoms with Crippen molar-refractivity contribution in [2.24, 2.45) is 81.3 Å². The quantitative estimate of drug-likeness (QED) is 0.0475. The summed E-state index contributed by atoms with van der Waals surface area (Å²) in [6.07, 6.45) is 66.1. The molecule has 12 aliphatic rings. The van der Waals surface area contributed by atoms with E-state index in [1.165, 1.54) is 263 Å². The van der Waals surface area contributed by atoms with Gasteiger partial charge in [0, 0.05) is 24.7 Å². The average Bonchev–Trinajstić information content (AvgIpc) is 1.55. The number of aryl methyl sites for hydroxylation is 3. The third kappa shape index (κ3) is 24.9. The molecule has 126 heavy (non-hydrogen) atoms. The minimum absolute atomic E-state index is 0.0322. The van der Waals surface area contributed by atoms with E-state index in [0.717, 1.165) is 116 Å². The second-order valence-corrected chi connectivity index (χ2v) is 44.4. The van der Waals surface area contributed by atoms with E-state index < -0.39 is 6.89 Å². The summed E-state index contributed by atoms with van der Waals surface area (Å²) in [5.74, 6) is 18.1. The maximum Gasteiger partial charge on any atom is 0.152 e. The summed E-state index contributed by atoms with van der Waals surface area (Å²) >= 11 is 0. The van der Waals surface area contributed by atoms with E-state index in [9.17, 15) is 20.1 Å². The summed E-state index contributed by atoms with van der Waals surface area (Å²) in [6.45, 7) is 27.9. The zero-order valence-electron chi connectivity index (χ0n) is 80.9. The van der Waals surface area contributed by atoms with Crippen molar-refractivity contribution in [2.75, 3.05) is 0 Å². The molecular weight excluding hydrogens is 1550 g/mol. The molecule has 0 bridgehead atoms. The fourth-order valence-corrected chi connectivity index (χ4v) is 30.6. The molecule has 17 atom stereocenters. The number of phenols is 3. The number of allylic oxidation sites excluding steroid dienone is 6. The number of nitrogens with zero attached hydrogens (tertiary/aromatic N) is 2. The highest BCUT2D eigenvalue weighted by molar-refractivity contribution is 7.94. The van der Waals surface area contributed by atoms with Crippen LogP contribution >= 0.6 is 6.89 Å². The van der Waals surface area contributed by atoms with Gasteiger partial charge in [-0.05, 0) is 340 Å². The van der Waals surface area contributed by atoms with Crippen molar-refractivity contribution in [1.29, 1.82) is 10.5 Å². The van der Waals surface area contributed by atoms with Crippen LogP contribution in [0.5, 0.6) is 17.2 Å². The third-order valence-electron chi connectivity index (χ3n) is 33.5. The first kappa shape index (κ1) is 101. The lowest BCUT2D eigenvalue weighted by atomic mass is 9.55. The average molecular weight is 1720 g/mol. The fourth-order valence-electron chi connectivity index (χ4n) is 26.5. The molecule has 9 saturated carbocycles. The second kappa shape index (κ2) is 50.0. The number of nitriles is 2. The van der Waals surface area contributed by atoms with Gasteiger partial charge in [0.05, 0.1) is 6.07 Å². The van der Waals surface area contributed by atoms with E-state index in [1.54, 1.807) is 39.8 Å². The molecule has 6 aromatic carbocycles. The van der Waals surface area contributed by atoms with E-state index in [0.29, 0.717) is 51.6 Å². The van der Waals surface area contributed by atoms with Crippen molar-refractivity contribution in [1.82, 2.24) is 0 Å². The van der Waals surface area contributed by atoms with Crippen LogP contribution in [0.1, 0.15) is 385 Å². The number of fused-ring (bicyclic) bond motifs is 15. The Morgan fingerprint density at radius 1 is 0.421 bits per heavy atom. The van der Waals surface area contributed by atoms with Gasteiger partial charge >= 0.3 is 0 Å². The van der Waals surface area contributed by atoms with E-state index >= 15 is 0 Å². The lowest BCUT2D eigenvalue weighted by molar-refractivity contribution is -0.129. The largest absolute Gasteiger partial charge is 0.508 e. The highest BCUT2D eigenvalue weighted by atomic mass is 31.2. The smallest absolute Gasteiger partial charge is 0.152 e. The Kier molecular flexibility index (Phi) is 39.9. The Balaban J connectivity index is 0.000000155. The van der Waals surface area contributed by atoms with Gasteiger partial charge in [-0.2, -0.15) is 10.5 Å². The SMILES string of the molecule is C#CC#N.CC#N.CCC/C=C1/CCC2C3CCc4cc(O)ccc4C3CC[C@]12C.CCC/C=C1/CCC2C3CCc4cc(O)ccc4C3CC[C@]12C.CCC/C=C1/CCC[C@H]1C.CCCC=P(c1ccccc1)(c1ccccc1)c1ccccc1.CCCC[C@H]1CCC[C@H]1C.CCCC[C@H]1CCC[C@H]1C.C[C@]12CCC3c4ccc(O)cc4CCC3C1CCC2=O. The van der Waals surface area contributed by atoms with Crippen LogP contribution < -0.4 is 15.9 Å². The molecule has 7 heteroatoms. The number of rotatable bonds is 17. The fraction of sp³-hybridized carbons (Fsp3) is 0.597. The monoisotopic (exact) mass is 1720 g/mol. The standard InChI is InChI=1S/2C22H30O.C22H23P.C18H22O2.2C10H20.C10H18.C3HN.C2H3N/c2*1-3-4-5-16-7-11-21-20-9-6-15-14-17(23)8-10-18(15)19(20)12-13-22(16,21)2;1-2-3-19-23(20-13-7-4-8-14-20,21-15-9-5-10-16-21)22-17-11-6-12-18-22;1-18-9-8-14-13-5-3-12(19)10-11(13)2-4-15(14)16(18)6-7-17(18)20;3*1-3-4-7-10-8-5-6-9(10)2;1-2-3-4;1-2-3/h2*5,8,10,14,19-21,23H,3-4,6-7,9,11-13H2,1-2H3;4-19H,2-3H2,1H3;3,5,10,14-16,19H,2,4,6-9H2,1H3;2*9-10H,3-8H2,1-2H3;7,9H,3-6,8H2,1-2H3;1H;1H3/b2*16-5-;;;;;10-7-;;/t2*19?,20?,21?,22-;;14?,15?,16?,18-;2*9-,10+;9-;;/m11.0111../s1. The third-order valence-corrected chi connectivity index (χ3v) is 37.7. The minimum atomic E-state index is -1.69. The zero-order valence-corrected chi connectivity index (χ0v) is 81.8. The van der Waals surface area contributed by atoms with Crippen molar-refractivity contribution in [3.63, 3.8) is 0 Å². The number of carbonyl (C=O) groups excluding carboxylic acids is 1. The molecule has 0 radical (unpaired) electrons. The van der Waals surface area contributed by atoms with Crippen molar-refractivity contribution < 1.29 is 20.1 Å². The molecule has 0 aromatic heterocycles. The molecule has 0 amide bonds. The molecule has 12 aliphatic carbocycles. The molecule has 0 aliphatic heterocycles. The number of aromatic hydroxyl groups is 3. The van der Waals surface area contributed by atoms with E-state index in [2.05, 4.69) is 223 Å². The van der Waals surface area contributed by atoms with Gasteiger partial charge in [0.2, 0.25) is 0 Å². The number of Topliss-reactive ketones (excluding diaryl/α,β-unsaturated/α-hetero) is 1. The van der Waals surface area contributed by atoms with Gasteiger partial charge in [-0.3, -0.25) is 4.79 Å². The van der Waals surface area contributed by atoms with Crippen molar-refractivity contribution in [2.45, 2.75) is 371 Å². The van der Waals surface area contributed by atoms with E-state index in [-0.39, 0.29) is 5.41 Å². The predicted octanol–water partition coefficient (Wildman–Crippen LogP) is 31.8. The lowest BCUT2D eigenvalue weighted by Gasteiger charge is -2.49. The summed E-state index contributed by atoms with van der Waals surface area (Å²) in [5, 5.41) is 48.3. The maximum atomic E-state index is 12.3. The van der Waals surface area contributed by atoms with Crippen LogP contribution in [0.15, 0.2) is 181 Å². The van der Waals surface area contributed by atoms with Crippen molar-refractivity contribution in [3.8, 4) is 41.7 Å². The topological polar surface area (TPSA) is 125 Å². The zero-order chi connectivity index (χ0) is 90.2. The molecule has 3 N–H and O–H groups in total. The van der Waals surface area contributed by atoms with Gasteiger partial charge in [-0.1, -0.05) is 336 Å². The number of terminal acetylenes is 1. The molecule has 0 heterocycles. The Bertz CT molecular complexity index is 4370. The number of hydrogen-bond donors (Lipinski definition) is 3. The molecule has 18 rings (SSSR count). The van der Waals surface area contributed by atoms with Gasteiger partial charge in [0.1, 0.15) is 23.0 Å². The first-order chi connectivity index (χ1) is 61.1. The molecule has 6 aromatic rings. The number of benzene rings is 6. The summed E-state index contributed by atoms with van der Waals surface area (Å²) in [4.78, 5) is 12.3. The first-order valence-electron chi connectivity index (χ1n) is 51.2. The van der Waals surface area contributed by atoms with Crippen molar-refractivity contribution >= 4 is 34.4 Å². The number of unbranched alkanes of at least 4 members (excludes halogenated alkanes) is 6. The molecule has 6 nitrogen and oxygen atoms in total. The summed E-state index contributed by atoms with van der Waals surface area (Å²) in [7, 11) is 0. The molecule has 682 valence electrons. The molecule has 0 spiro atoms. The van der Waals surface area contributed by atoms with Crippen LogP contribution in [0.25, 0.3) is 0 Å². The van der Waals surface area contributed by atoms with Crippen LogP contribution in [0.3, 0.4) is 0 Å². The second-order valence-electron chi connectivity index (χ2n) is 41.0. The predicted molar refractivity (Wildman–Crippen MR) is 539 cm³/mol. The van der Waals surface area contributed by atoms with E-state index in [4.69, 9.17) is 10.5 Å². The molecule has 0 saturated heterocycles. The summed E-state index contributed by atoms with van der Waals surface area (Å²) in [5.41, 5.74) is 14.9. The van der Waals surface area contributed by atoms with Crippen molar-refractivity contribution in [3.05, 3.63) is 214 Å². The van der Waals surface area contributed by atoms with Gasteiger partial charge in [0.15, 0.2) is 6.07 Å². The van der Waals surface area contributed by atoms with Gasteiger partial charge in [0.25, 0.3) is 0 Å². The lowest BCUT2D eigenvalue weighted by Crippen LogP contribution is -2.42. The summed E-state index contributed by atoms with van der Waals surface area (Å²) < 4.78 is 0. The Hall–Kier alpha value is -7.55. The highest BCUT2D eigenvalue weighted by Crippen LogP contribution is 2.66. The maximum absolute atomic E-state index is 12.3. The normalized spacial score (nSPS) is 29.6. The molecule has 9 unspecified atom stereocenters. The first-order valence-corrected chi connectivity index (χ1v) is 53.1.